The fourth-order valence-electron chi connectivity index (χ4n) is 2.91. The quantitative estimate of drug-likeness (QED) is 0.0724. The molecule has 1 aliphatic rings. The maximum absolute atomic E-state index is 11.7. The number of piperidine rings is 1. The minimum absolute atomic E-state index is 0.0402. The molecule has 32 heavy (non-hydrogen) atoms. The number of hydrogen-bond donors (Lipinski definition) is 6. The Morgan fingerprint density at radius 3 is 2.50 bits per heavy atom. The summed E-state index contributed by atoms with van der Waals surface area (Å²) in [6, 6.07) is -0.755. The molecule has 14 nitrogen and oxygen atoms in total. The number of carbonyl (C=O) groups excluding carboxylic acids is 2. The Labute approximate surface area is 185 Å². The van der Waals surface area contributed by atoms with E-state index < -0.39 is 49.5 Å². The van der Waals surface area contributed by atoms with Crippen LogP contribution in [0.25, 0.3) is 0 Å². The average Bonchev–Trinajstić information content (AvgIpc) is 2.68. The topological polar surface area (TPSA) is 211 Å². The molecule has 7 N–H and O–H groups in total. The van der Waals surface area contributed by atoms with Crippen molar-refractivity contribution in [2.75, 3.05) is 40.4 Å². The van der Waals surface area contributed by atoms with Gasteiger partial charge in [-0.25, -0.2) is 9.59 Å². The van der Waals surface area contributed by atoms with E-state index in [0.29, 0.717) is 0 Å². The van der Waals surface area contributed by atoms with Crippen LogP contribution in [0.3, 0.4) is 0 Å². The molecule has 184 valence electrons. The van der Waals surface area contributed by atoms with Crippen LogP contribution < -0.4 is 5.73 Å². The second-order valence-electron chi connectivity index (χ2n) is 7.44. The number of hydrogen-bond acceptors (Lipinski definition) is 11. The predicted octanol–water partition coefficient (Wildman–Crippen LogP) is -1.94. The third kappa shape index (κ3) is 8.92. The highest BCUT2D eigenvalue weighted by Crippen LogP contribution is 2.19. The molecule has 0 saturated carbocycles. The maximum atomic E-state index is 11.7. The van der Waals surface area contributed by atoms with Crippen LogP contribution in [0, 0.1) is 5.41 Å². The van der Waals surface area contributed by atoms with E-state index in [4.69, 9.17) is 25.4 Å². The van der Waals surface area contributed by atoms with Gasteiger partial charge < -0.3 is 45.3 Å². The van der Waals surface area contributed by atoms with E-state index in [1.807, 2.05) is 0 Å². The Balaban J connectivity index is 2.34. The fraction of sp³-hybridized carbons (Fsp3) is 0.778. The molecule has 0 radical (unpaired) electrons. The van der Waals surface area contributed by atoms with Gasteiger partial charge in [-0.05, 0) is 6.42 Å². The molecule has 0 aromatic rings. The summed E-state index contributed by atoms with van der Waals surface area (Å²) < 4.78 is 14.4. The van der Waals surface area contributed by atoms with E-state index in [2.05, 4.69) is 4.99 Å². The lowest BCUT2D eigenvalue weighted by Gasteiger charge is -2.43. The first-order chi connectivity index (χ1) is 15.0. The molecule has 14 heteroatoms. The number of amides is 1. The number of aliphatic imine (C=N–C) groups is 1. The van der Waals surface area contributed by atoms with Crippen molar-refractivity contribution >= 4 is 23.9 Å². The van der Waals surface area contributed by atoms with Gasteiger partial charge in [-0.2, -0.15) is 4.99 Å². The van der Waals surface area contributed by atoms with E-state index in [9.17, 15) is 30.0 Å². The van der Waals surface area contributed by atoms with Crippen LogP contribution in [0.5, 0.6) is 0 Å². The van der Waals surface area contributed by atoms with Crippen LogP contribution in [-0.2, 0) is 14.2 Å². The van der Waals surface area contributed by atoms with Crippen molar-refractivity contribution in [2.24, 2.45) is 10.7 Å². The molecule has 1 rings (SSSR count). The van der Waals surface area contributed by atoms with Gasteiger partial charge >= 0.3 is 12.2 Å². The Bertz CT molecular complexity index is 675. The monoisotopic (exact) mass is 463 g/mol. The van der Waals surface area contributed by atoms with Gasteiger partial charge in [-0.3, -0.25) is 10.3 Å². The highest BCUT2D eigenvalue weighted by Gasteiger charge is 2.40. The fourth-order valence-corrected chi connectivity index (χ4v) is 2.91. The smallest absolute Gasteiger partial charge is 0.434 e. The van der Waals surface area contributed by atoms with E-state index >= 15 is 0 Å². The van der Waals surface area contributed by atoms with E-state index in [1.54, 1.807) is 19.0 Å². The minimum atomic E-state index is -1.35. The third-order valence-electron chi connectivity index (χ3n) is 4.68. The second kappa shape index (κ2) is 13.1. The standard InChI is InChI=1S/C18H33N5O9/c1-10(31-17(28)21-13(19)7-14(20)22(2)3)32-18(29)30-6-4-5-23-8-12(25)16(27)15(26)11(23)9-24/h10-12,15-16,20,24-27H,4-9H2,1-3H3,(H2,19,21,28)/t10?,11?,12?,15-,16-/m1/s1. The summed E-state index contributed by atoms with van der Waals surface area (Å²) in [5, 5.41) is 46.4. The first kappa shape index (κ1) is 27.5. The molecule has 0 aromatic carbocycles. The van der Waals surface area contributed by atoms with Crippen molar-refractivity contribution in [2.45, 2.75) is 50.4 Å². The van der Waals surface area contributed by atoms with Crippen LogP contribution >= 0.6 is 0 Å². The highest BCUT2D eigenvalue weighted by atomic mass is 16.8. The molecule has 1 heterocycles. The lowest BCUT2D eigenvalue weighted by atomic mass is 9.94. The number of nitrogens with one attached hydrogen (secondary N) is 1. The molecule has 5 atom stereocenters. The van der Waals surface area contributed by atoms with Gasteiger partial charge in [-0.15, -0.1) is 0 Å². The lowest BCUT2D eigenvalue weighted by Crippen LogP contribution is -2.62. The Kier molecular flexibility index (Phi) is 11.3. The second-order valence-corrected chi connectivity index (χ2v) is 7.44. The van der Waals surface area contributed by atoms with Gasteiger partial charge in [0.2, 0.25) is 6.29 Å². The van der Waals surface area contributed by atoms with Gasteiger partial charge in [-0.1, -0.05) is 0 Å². The number of rotatable bonds is 9. The van der Waals surface area contributed by atoms with Gasteiger partial charge in [0.15, 0.2) is 0 Å². The predicted molar refractivity (Wildman–Crippen MR) is 111 cm³/mol. The first-order valence-electron chi connectivity index (χ1n) is 9.97. The summed E-state index contributed by atoms with van der Waals surface area (Å²) in [5.74, 6) is 0.00659. The normalized spacial score (nSPS) is 25.0. The molecule has 0 spiro atoms. The van der Waals surface area contributed by atoms with Crippen LogP contribution in [0.4, 0.5) is 9.59 Å². The molecular formula is C18H33N5O9. The summed E-state index contributed by atoms with van der Waals surface area (Å²) in [4.78, 5) is 29.9. The zero-order valence-electron chi connectivity index (χ0n) is 18.4. The first-order valence-corrected chi connectivity index (χ1v) is 9.97. The van der Waals surface area contributed by atoms with Gasteiger partial charge in [0.05, 0.1) is 31.8 Å². The summed E-state index contributed by atoms with van der Waals surface area (Å²) in [5.41, 5.74) is 5.56. The van der Waals surface area contributed by atoms with Crippen LogP contribution in [-0.4, -0.2) is 125 Å². The zero-order valence-corrected chi connectivity index (χ0v) is 18.4. The van der Waals surface area contributed by atoms with E-state index in [1.165, 1.54) is 11.8 Å². The van der Waals surface area contributed by atoms with Gasteiger partial charge in [0, 0.05) is 34.1 Å². The number of β-amino-alcohol motifs (C(OH)–C–C–N with tert-alkyl or cyclic N) is 1. The third-order valence-corrected chi connectivity index (χ3v) is 4.68. The number of aliphatic hydroxyl groups is 4. The van der Waals surface area contributed by atoms with Crippen LogP contribution in [0.1, 0.15) is 19.8 Å². The number of amidine groups is 2. The lowest BCUT2D eigenvalue weighted by molar-refractivity contribution is -0.145. The number of likely N-dealkylation sites (tertiary alicyclic amines) is 1. The summed E-state index contributed by atoms with van der Waals surface area (Å²) in [7, 11) is 3.29. The Hall–Kier alpha value is -2.52. The summed E-state index contributed by atoms with van der Waals surface area (Å²) in [6.45, 7) is 1.08. The zero-order chi connectivity index (χ0) is 24.4. The number of ether oxygens (including phenoxy) is 3. The van der Waals surface area contributed by atoms with Crippen LogP contribution in [0.2, 0.25) is 0 Å². The SMILES string of the molecule is CC(OC(=O)N=C(N)CC(=N)N(C)C)OC(=O)OCCCN1CC(O)[C@@H](O)[C@H](O)C1CO. The van der Waals surface area contributed by atoms with Gasteiger partial charge in [0.1, 0.15) is 23.9 Å². The Morgan fingerprint density at radius 1 is 1.25 bits per heavy atom. The number of aliphatic hydroxyl groups excluding tert-OH is 4. The molecule has 0 aliphatic carbocycles. The van der Waals surface area contributed by atoms with Crippen molar-refractivity contribution in [3.8, 4) is 0 Å². The molecule has 1 amide bonds. The van der Waals surface area contributed by atoms with Crippen molar-refractivity contribution in [1.82, 2.24) is 9.80 Å². The van der Waals surface area contributed by atoms with Crippen molar-refractivity contribution in [1.29, 1.82) is 5.41 Å². The van der Waals surface area contributed by atoms with E-state index in [-0.39, 0.29) is 44.2 Å². The molecule has 0 aromatic heterocycles. The van der Waals surface area contributed by atoms with Crippen molar-refractivity contribution in [3.63, 3.8) is 0 Å². The van der Waals surface area contributed by atoms with E-state index in [0.717, 1.165) is 0 Å². The largest absolute Gasteiger partial charge is 0.511 e. The van der Waals surface area contributed by atoms with Crippen molar-refractivity contribution < 1.29 is 44.2 Å². The molecule has 1 aliphatic heterocycles. The summed E-state index contributed by atoms with van der Waals surface area (Å²) >= 11 is 0. The maximum Gasteiger partial charge on any atom is 0.511 e. The molecular weight excluding hydrogens is 430 g/mol. The highest BCUT2D eigenvalue weighted by molar-refractivity contribution is 6.03. The number of nitrogens with zero attached hydrogens (tertiary/aromatic N) is 3. The molecule has 0 bridgehead atoms. The van der Waals surface area contributed by atoms with Crippen LogP contribution in [0.15, 0.2) is 4.99 Å². The number of nitrogens with two attached hydrogens (primary N) is 1. The average molecular weight is 463 g/mol. The molecule has 1 fully saturated rings. The number of carbonyl (C=O) groups is 2. The minimum Gasteiger partial charge on any atom is -0.434 e. The van der Waals surface area contributed by atoms with Crippen molar-refractivity contribution in [3.05, 3.63) is 0 Å². The van der Waals surface area contributed by atoms with Gasteiger partial charge in [0.25, 0.3) is 0 Å². The molecule has 3 unspecified atom stereocenters. The molecule has 1 saturated heterocycles. The summed E-state index contributed by atoms with van der Waals surface area (Å²) in [6.07, 6.45) is -7.08. The Morgan fingerprint density at radius 2 is 1.91 bits per heavy atom.